The molecule has 0 aliphatic heterocycles. The molecule has 1 aromatic heterocycles. The Hall–Kier alpha value is -1.42. The van der Waals surface area contributed by atoms with E-state index in [1.165, 1.54) is 23.5 Å². The van der Waals surface area contributed by atoms with Gasteiger partial charge in [-0.1, -0.05) is 39.4 Å². The van der Waals surface area contributed by atoms with E-state index in [0.29, 0.717) is 11.3 Å². The van der Waals surface area contributed by atoms with Gasteiger partial charge in [-0.25, -0.2) is 8.42 Å². The van der Waals surface area contributed by atoms with Crippen LogP contribution in [-0.2, 0) is 16.4 Å². The molecule has 1 heterocycles. The van der Waals surface area contributed by atoms with Gasteiger partial charge in [-0.3, -0.25) is 4.79 Å². The number of halogens is 1. The first-order chi connectivity index (χ1) is 12.8. The Morgan fingerprint density at radius 2 is 2.00 bits per heavy atom. The lowest BCUT2D eigenvalue weighted by molar-refractivity contribution is 0.0994. The Labute approximate surface area is 174 Å². The van der Waals surface area contributed by atoms with E-state index in [-0.39, 0.29) is 10.5 Å². The third-order valence-electron chi connectivity index (χ3n) is 3.88. The first kappa shape index (κ1) is 20.3. The predicted octanol–water partition coefficient (Wildman–Crippen LogP) is 3.97. The van der Waals surface area contributed by atoms with Crippen molar-refractivity contribution in [1.29, 1.82) is 0 Å². The molecule has 5 nitrogen and oxygen atoms in total. The molecule has 0 radical (unpaired) electrons. The van der Waals surface area contributed by atoms with Gasteiger partial charge in [0.1, 0.15) is 0 Å². The van der Waals surface area contributed by atoms with Gasteiger partial charge >= 0.3 is 0 Å². The van der Waals surface area contributed by atoms with Gasteiger partial charge in [-0.05, 0) is 36.6 Å². The molecule has 9 heteroatoms. The van der Waals surface area contributed by atoms with Gasteiger partial charge in [0.15, 0.2) is 14.6 Å². The van der Waals surface area contributed by atoms with E-state index < -0.39 is 15.7 Å². The van der Waals surface area contributed by atoms with Crippen LogP contribution in [0.15, 0.2) is 56.8 Å². The number of amides is 1. The second kappa shape index (κ2) is 8.30. The SMILES string of the molecule is CSCCn1c(=NC(=O)c2ccccc2S(C)(=O)=O)sc2cc(Br)ccc21. The van der Waals surface area contributed by atoms with Gasteiger partial charge in [-0.15, -0.1) is 0 Å². The van der Waals surface area contributed by atoms with E-state index in [0.717, 1.165) is 26.7 Å². The number of rotatable bonds is 5. The summed E-state index contributed by atoms with van der Waals surface area (Å²) in [6, 6.07) is 12.1. The van der Waals surface area contributed by atoms with Gasteiger partial charge in [-0.2, -0.15) is 16.8 Å². The van der Waals surface area contributed by atoms with E-state index in [1.54, 1.807) is 23.9 Å². The molecule has 0 atom stereocenters. The van der Waals surface area contributed by atoms with E-state index in [2.05, 4.69) is 20.9 Å². The van der Waals surface area contributed by atoms with Crippen LogP contribution < -0.4 is 4.80 Å². The molecule has 0 N–H and O–H groups in total. The summed E-state index contributed by atoms with van der Waals surface area (Å²) in [4.78, 5) is 17.6. The van der Waals surface area contributed by atoms with Gasteiger partial charge in [0.25, 0.3) is 5.91 Å². The lowest BCUT2D eigenvalue weighted by Crippen LogP contribution is -2.19. The monoisotopic (exact) mass is 484 g/mol. The van der Waals surface area contributed by atoms with Gasteiger partial charge in [0.2, 0.25) is 0 Å². The van der Waals surface area contributed by atoms with Gasteiger partial charge in [0.05, 0.1) is 20.7 Å². The first-order valence-electron chi connectivity index (χ1n) is 7.97. The van der Waals surface area contributed by atoms with Crippen LogP contribution >= 0.6 is 39.0 Å². The number of hydrogen-bond acceptors (Lipinski definition) is 5. The maximum Gasteiger partial charge on any atom is 0.280 e. The van der Waals surface area contributed by atoms with Crippen LogP contribution in [0, 0.1) is 0 Å². The van der Waals surface area contributed by atoms with Crippen molar-refractivity contribution in [2.45, 2.75) is 11.4 Å². The summed E-state index contributed by atoms with van der Waals surface area (Å²) in [5, 5.41) is 0. The summed E-state index contributed by atoms with van der Waals surface area (Å²) < 4.78 is 27.9. The third-order valence-corrected chi connectivity index (χ3v) is 7.16. The Morgan fingerprint density at radius 1 is 1.26 bits per heavy atom. The van der Waals surface area contributed by atoms with Crippen molar-refractivity contribution in [3.8, 4) is 0 Å². The fourth-order valence-corrected chi connectivity index (χ4v) is 5.50. The Bertz CT molecular complexity index is 1180. The quantitative estimate of drug-likeness (QED) is 0.549. The van der Waals surface area contributed by atoms with Crippen molar-refractivity contribution in [2.75, 3.05) is 18.3 Å². The zero-order chi connectivity index (χ0) is 19.6. The molecule has 0 aliphatic rings. The molecule has 0 unspecified atom stereocenters. The van der Waals surface area contributed by atoms with E-state index in [4.69, 9.17) is 0 Å². The number of thioether (sulfide) groups is 1. The normalized spacial score (nSPS) is 12.6. The van der Waals surface area contributed by atoms with Crippen LogP contribution in [0.3, 0.4) is 0 Å². The topological polar surface area (TPSA) is 68.5 Å². The molecule has 0 spiro atoms. The highest BCUT2D eigenvalue weighted by molar-refractivity contribution is 9.10. The Kier molecular flexibility index (Phi) is 6.25. The number of carbonyl (C=O) groups excluding carboxylic acids is 1. The molecule has 142 valence electrons. The minimum absolute atomic E-state index is 0.00160. The summed E-state index contributed by atoms with van der Waals surface area (Å²) in [5.41, 5.74) is 1.09. The lowest BCUT2D eigenvalue weighted by atomic mass is 10.2. The Morgan fingerprint density at radius 3 is 2.70 bits per heavy atom. The molecule has 1 amide bonds. The van der Waals surface area contributed by atoms with Crippen molar-refractivity contribution < 1.29 is 13.2 Å². The largest absolute Gasteiger partial charge is 0.316 e. The van der Waals surface area contributed by atoms with Gasteiger partial charge < -0.3 is 4.57 Å². The van der Waals surface area contributed by atoms with E-state index >= 15 is 0 Å². The molecule has 3 rings (SSSR count). The van der Waals surface area contributed by atoms with Crippen molar-refractivity contribution >= 4 is 65.0 Å². The van der Waals surface area contributed by atoms with Crippen molar-refractivity contribution in [1.82, 2.24) is 4.57 Å². The highest BCUT2D eigenvalue weighted by Gasteiger charge is 2.18. The summed E-state index contributed by atoms with van der Waals surface area (Å²) in [6.45, 7) is 0.711. The lowest BCUT2D eigenvalue weighted by Gasteiger charge is -2.05. The molecule has 27 heavy (non-hydrogen) atoms. The molecule has 3 aromatic rings. The van der Waals surface area contributed by atoms with Crippen LogP contribution in [0.25, 0.3) is 10.2 Å². The predicted molar refractivity (Wildman–Crippen MR) is 115 cm³/mol. The van der Waals surface area contributed by atoms with Crippen LogP contribution in [-0.4, -0.2) is 37.2 Å². The molecule has 2 aromatic carbocycles. The Balaban J connectivity index is 2.17. The van der Waals surface area contributed by atoms with Crippen molar-refractivity contribution in [3.63, 3.8) is 0 Å². The van der Waals surface area contributed by atoms with Crippen LogP contribution in [0.5, 0.6) is 0 Å². The molecule has 0 saturated heterocycles. The summed E-state index contributed by atoms with van der Waals surface area (Å²) in [5.74, 6) is 0.322. The van der Waals surface area contributed by atoms with E-state index in [1.807, 2.05) is 29.0 Å². The number of benzene rings is 2. The molecule has 0 saturated carbocycles. The zero-order valence-electron chi connectivity index (χ0n) is 14.7. The number of sulfone groups is 1. The smallest absolute Gasteiger partial charge is 0.280 e. The minimum Gasteiger partial charge on any atom is -0.316 e. The molecule has 0 aliphatic carbocycles. The number of hydrogen-bond donors (Lipinski definition) is 0. The van der Waals surface area contributed by atoms with Crippen molar-refractivity contribution in [3.05, 3.63) is 57.3 Å². The second-order valence-electron chi connectivity index (χ2n) is 5.83. The standard InChI is InChI=1S/C18H17BrN2O3S3/c1-25-10-9-21-14-8-7-12(19)11-15(14)26-18(21)20-17(22)13-5-3-4-6-16(13)27(2,23)24/h3-8,11H,9-10H2,1-2H3. The summed E-state index contributed by atoms with van der Waals surface area (Å²) >= 11 is 6.59. The van der Waals surface area contributed by atoms with Crippen LogP contribution in [0.4, 0.5) is 0 Å². The molecular weight excluding hydrogens is 468 g/mol. The number of aromatic nitrogens is 1. The van der Waals surface area contributed by atoms with Gasteiger partial charge in [0, 0.05) is 23.0 Å². The summed E-state index contributed by atoms with van der Waals surface area (Å²) in [7, 11) is -3.52. The fraction of sp³-hybridized carbons (Fsp3) is 0.222. The van der Waals surface area contributed by atoms with Crippen molar-refractivity contribution in [2.24, 2.45) is 4.99 Å². The molecule has 0 fully saturated rings. The number of aryl methyl sites for hydroxylation is 1. The van der Waals surface area contributed by atoms with Crippen LogP contribution in [0.2, 0.25) is 0 Å². The number of thiazole rings is 1. The number of nitrogens with zero attached hydrogens (tertiary/aromatic N) is 2. The van der Waals surface area contributed by atoms with E-state index in [9.17, 15) is 13.2 Å². The molecule has 0 bridgehead atoms. The highest BCUT2D eigenvalue weighted by atomic mass is 79.9. The number of fused-ring (bicyclic) bond motifs is 1. The maximum atomic E-state index is 12.8. The zero-order valence-corrected chi connectivity index (χ0v) is 18.7. The molecular formula is C18H17BrN2O3S3. The minimum atomic E-state index is -3.52. The first-order valence-corrected chi connectivity index (χ1v) is 12.9. The average molecular weight is 485 g/mol. The fourth-order valence-electron chi connectivity index (χ4n) is 2.64. The maximum absolute atomic E-state index is 12.8. The average Bonchev–Trinajstić information content (AvgIpc) is 2.95. The second-order valence-corrected chi connectivity index (χ2v) is 10.7. The number of carbonyl (C=O) groups is 1. The summed E-state index contributed by atoms with van der Waals surface area (Å²) in [6.07, 6.45) is 3.12. The van der Waals surface area contributed by atoms with Crippen LogP contribution in [0.1, 0.15) is 10.4 Å². The third kappa shape index (κ3) is 4.53. The highest BCUT2D eigenvalue weighted by Crippen LogP contribution is 2.23.